The van der Waals surface area contributed by atoms with E-state index < -0.39 is 0 Å². The number of likely N-dealkylation sites (tertiary alicyclic amines) is 2. The molecule has 2 aromatic heterocycles. The molecule has 0 radical (unpaired) electrons. The minimum Gasteiger partial charge on any atom is -0.468 e. The van der Waals surface area contributed by atoms with Crippen molar-refractivity contribution in [1.29, 1.82) is 0 Å². The molecule has 0 amide bonds. The van der Waals surface area contributed by atoms with Crippen molar-refractivity contribution in [3.63, 3.8) is 0 Å². The fraction of sp³-hybridized carbons (Fsp3) is 0.588. The third-order valence-corrected chi connectivity index (χ3v) is 5.08. The average Bonchev–Trinajstić information content (AvgIpc) is 3.20. The molecule has 0 unspecified atom stereocenters. The molecular weight excluding hydrogens is 276 g/mol. The topological polar surface area (TPSA) is 37.4 Å². The number of furan rings is 1. The quantitative estimate of drug-likeness (QED) is 0.865. The zero-order valence-electron chi connectivity index (χ0n) is 13.2. The maximum Gasteiger partial charge on any atom is 0.117 e. The van der Waals surface area contributed by atoms with Gasteiger partial charge in [-0.2, -0.15) is 5.10 Å². The Morgan fingerprint density at radius 3 is 2.82 bits per heavy atom. The van der Waals surface area contributed by atoms with E-state index in [0.29, 0.717) is 0 Å². The van der Waals surface area contributed by atoms with E-state index in [-0.39, 0.29) is 0 Å². The average molecular weight is 300 g/mol. The van der Waals surface area contributed by atoms with Crippen molar-refractivity contribution in [3.05, 3.63) is 42.1 Å². The Hall–Kier alpha value is -1.59. The minimum atomic E-state index is 0.806. The van der Waals surface area contributed by atoms with Gasteiger partial charge in [0.1, 0.15) is 5.76 Å². The summed E-state index contributed by atoms with van der Waals surface area (Å²) in [6, 6.07) is 4.06. The first-order chi connectivity index (χ1) is 10.8. The maximum absolute atomic E-state index is 5.49. The lowest BCUT2D eigenvalue weighted by atomic mass is 9.88. The lowest BCUT2D eigenvalue weighted by Crippen LogP contribution is -2.39. The fourth-order valence-corrected chi connectivity index (χ4v) is 4.05. The number of aromatic nitrogens is 2. The molecule has 0 aromatic carbocycles. The van der Waals surface area contributed by atoms with E-state index in [2.05, 4.69) is 27.2 Å². The number of piperidine rings is 1. The van der Waals surface area contributed by atoms with Crippen molar-refractivity contribution < 1.29 is 4.42 Å². The number of aryl methyl sites for hydroxylation is 1. The van der Waals surface area contributed by atoms with Crippen molar-refractivity contribution in [2.45, 2.75) is 19.5 Å². The van der Waals surface area contributed by atoms with E-state index in [1.165, 1.54) is 38.2 Å². The van der Waals surface area contributed by atoms with Crippen LogP contribution in [-0.2, 0) is 20.1 Å². The zero-order valence-corrected chi connectivity index (χ0v) is 13.2. The summed E-state index contributed by atoms with van der Waals surface area (Å²) in [5.41, 5.74) is 1.33. The summed E-state index contributed by atoms with van der Waals surface area (Å²) in [6.45, 7) is 6.86. The maximum atomic E-state index is 5.49. The van der Waals surface area contributed by atoms with Crippen molar-refractivity contribution in [1.82, 2.24) is 19.6 Å². The van der Waals surface area contributed by atoms with E-state index in [9.17, 15) is 0 Å². The lowest BCUT2D eigenvalue weighted by Gasteiger charge is -2.34. The van der Waals surface area contributed by atoms with Gasteiger partial charge < -0.3 is 4.42 Å². The number of hydrogen-bond acceptors (Lipinski definition) is 4. The highest BCUT2D eigenvalue weighted by Gasteiger charge is 2.37. The molecule has 0 N–H and O–H groups in total. The normalized spacial score (nSPS) is 26.4. The molecule has 118 valence electrons. The molecule has 0 bridgehead atoms. The summed E-state index contributed by atoms with van der Waals surface area (Å²) in [5, 5.41) is 4.27. The summed E-state index contributed by atoms with van der Waals surface area (Å²) >= 11 is 0. The second-order valence-electron chi connectivity index (χ2n) is 6.84. The number of hydrogen-bond donors (Lipinski definition) is 0. The molecule has 22 heavy (non-hydrogen) atoms. The van der Waals surface area contributed by atoms with Crippen LogP contribution in [0.15, 0.2) is 35.2 Å². The van der Waals surface area contributed by atoms with Crippen LogP contribution in [0.3, 0.4) is 0 Å². The van der Waals surface area contributed by atoms with Crippen molar-refractivity contribution >= 4 is 0 Å². The number of nitrogens with zero attached hydrogens (tertiary/aromatic N) is 4. The van der Waals surface area contributed by atoms with E-state index in [4.69, 9.17) is 4.42 Å². The van der Waals surface area contributed by atoms with Crippen LogP contribution in [0, 0.1) is 11.8 Å². The van der Waals surface area contributed by atoms with Gasteiger partial charge >= 0.3 is 0 Å². The smallest absolute Gasteiger partial charge is 0.117 e. The van der Waals surface area contributed by atoms with Crippen LogP contribution in [0.4, 0.5) is 0 Å². The highest BCUT2D eigenvalue weighted by molar-refractivity contribution is 5.04. The van der Waals surface area contributed by atoms with Crippen LogP contribution < -0.4 is 0 Å². The highest BCUT2D eigenvalue weighted by atomic mass is 16.3. The highest BCUT2D eigenvalue weighted by Crippen LogP contribution is 2.32. The Bertz CT molecular complexity index is 606. The van der Waals surface area contributed by atoms with Gasteiger partial charge in [-0.1, -0.05) is 0 Å². The first kappa shape index (κ1) is 14.0. The van der Waals surface area contributed by atoms with Gasteiger partial charge in [-0.15, -0.1) is 0 Å². The molecular formula is C17H24N4O. The van der Waals surface area contributed by atoms with E-state index in [1.807, 2.05) is 24.0 Å². The summed E-state index contributed by atoms with van der Waals surface area (Å²) in [4.78, 5) is 5.15. The Morgan fingerprint density at radius 1 is 1.18 bits per heavy atom. The summed E-state index contributed by atoms with van der Waals surface area (Å²) in [5.74, 6) is 2.76. The van der Waals surface area contributed by atoms with Crippen molar-refractivity contribution in [2.24, 2.45) is 18.9 Å². The van der Waals surface area contributed by atoms with Crippen LogP contribution in [0.1, 0.15) is 17.7 Å². The van der Waals surface area contributed by atoms with Crippen molar-refractivity contribution in [3.8, 4) is 0 Å². The third-order valence-electron chi connectivity index (χ3n) is 5.08. The van der Waals surface area contributed by atoms with E-state index in [0.717, 1.165) is 30.7 Å². The van der Waals surface area contributed by atoms with Gasteiger partial charge in [-0.25, -0.2) is 0 Å². The molecule has 2 aromatic rings. The molecule has 0 aliphatic carbocycles. The molecule has 2 atom stereocenters. The summed E-state index contributed by atoms with van der Waals surface area (Å²) in [7, 11) is 1.99. The van der Waals surface area contributed by atoms with Crippen LogP contribution in [-0.4, -0.2) is 45.8 Å². The zero-order chi connectivity index (χ0) is 14.9. The van der Waals surface area contributed by atoms with Gasteiger partial charge in [-0.05, 0) is 36.9 Å². The second-order valence-corrected chi connectivity index (χ2v) is 6.84. The molecule has 4 rings (SSSR count). The van der Waals surface area contributed by atoms with Gasteiger partial charge in [0.2, 0.25) is 0 Å². The SMILES string of the molecule is Cn1cc(CN2CC[C@@H]3CN(Cc4ccco4)C[C@@H]3C2)cn1. The van der Waals surface area contributed by atoms with Gasteiger partial charge in [-0.3, -0.25) is 14.5 Å². The van der Waals surface area contributed by atoms with Crippen LogP contribution in [0.5, 0.6) is 0 Å². The Labute approximate surface area is 131 Å². The van der Waals surface area contributed by atoms with Crippen LogP contribution >= 0.6 is 0 Å². The Balaban J connectivity index is 1.33. The van der Waals surface area contributed by atoms with Gasteiger partial charge in [0.05, 0.1) is 19.0 Å². The lowest BCUT2D eigenvalue weighted by molar-refractivity contribution is 0.142. The largest absolute Gasteiger partial charge is 0.468 e. The molecule has 2 fully saturated rings. The van der Waals surface area contributed by atoms with E-state index >= 15 is 0 Å². The molecule has 4 heterocycles. The van der Waals surface area contributed by atoms with Gasteiger partial charge in [0.25, 0.3) is 0 Å². The molecule has 0 saturated carbocycles. The molecule has 2 aliphatic heterocycles. The predicted octanol–water partition coefficient (Wildman–Crippen LogP) is 1.97. The summed E-state index contributed by atoms with van der Waals surface area (Å²) in [6.07, 6.45) is 7.21. The second kappa shape index (κ2) is 5.89. The first-order valence-electron chi connectivity index (χ1n) is 8.21. The van der Waals surface area contributed by atoms with Crippen LogP contribution in [0.25, 0.3) is 0 Å². The summed E-state index contributed by atoms with van der Waals surface area (Å²) < 4.78 is 7.38. The number of fused-ring (bicyclic) bond motifs is 1. The molecule has 5 heteroatoms. The fourth-order valence-electron chi connectivity index (χ4n) is 4.05. The predicted molar refractivity (Wildman–Crippen MR) is 84.1 cm³/mol. The third kappa shape index (κ3) is 2.96. The minimum absolute atomic E-state index is 0.806. The number of rotatable bonds is 4. The first-order valence-corrected chi connectivity index (χ1v) is 8.21. The molecule has 2 aliphatic rings. The molecule has 2 saturated heterocycles. The Morgan fingerprint density at radius 2 is 2.05 bits per heavy atom. The van der Waals surface area contributed by atoms with E-state index in [1.54, 1.807) is 6.26 Å². The monoisotopic (exact) mass is 300 g/mol. The van der Waals surface area contributed by atoms with Crippen LogP contribution in [0.2, 0.25) is 0 Å². The Kier molecular flexibility index (Phi) is 3.76. The molecule has 5 nitrogen and oxygen atoms in total. The van der Waals surface area contributed by atoms with Gasteiger partial charge in [0.15, 0.2) is 0 Å². The molecule has 0 spiro atoms. The van der Waals surface area contributed by atoms with Gasteiger partial charge in [0, 0.05) is 45.0 Å². The van der Waals surface area contributed by atoms with Crippen molar-refractivity contribution in [2.75, 3.05) is 26.2 Å². The standard InChI is InChI=1S/C17H24N4O/c1-19-8-14(7-18-19)9-20-5-4-15-10-21(12-16(15)11-20)13-17-3-2-6-22-17/h2-3,6-8,15-16H,4-5,9-13H2,1H3/t15-,16+/m1/s1.